The molecule has 0 aliphatic carbocycles. The molecule has 0 aliphatic heterocycles. The van der Waals surface area contributed by atoms with E-state index in [1.165, 1.54) is 0 Å². The van der Waals surface area contributed by atoms with Gasteiger partial charge in [-0.15, -0.1) is 0 Å². The van der Waals surface area contributed by atoms with Crippen LogP contribution in [0.3, 0.4) is 0 Å². The maximum absolute atomic E-state index is 5.79. The minimum atomic E-state index is 0.232. The van der Waals surface area contributed by atoms with Crippen molar-refractivity contribution in [1.29, 1.82) is 0 Å². The number of pyridine rings is 1. The quantitative estimate of drug-likeness (QED) is 0.758. The molecule has 78 valence electrons. The Balaban J connectivity index is 2.70. The molecule has 1 N–H and O–H groups in total. The Morgan fingerprint density at radius 2 is 2.07 bits per heavy atom. The average Bonchev–Trinajstić information content (AvgIpc) is 2.02. The van der Waals surface area contributed by atoms with Crippen LogP contribution in [-0.4, -0.2) is 11.0 Å². The van der Waals surface area contributed by atoms with Crippen LogP contribution >= 0.6 is 11.6 Å². The SMILES string of the molecule is CC(Nc1ccnc(Cl)c1)C(C)(C)C. The molecule has 0 amide bonds. The largest absolute Gasteiger partial charge is 0.382 e. The van der Waals surface area contributed by atoms with Gasteiger partial charge >= 0.3 is 0 Å². The van der Waals surface area contributed by atoms with Crippen molar-refractivity contribution in [2.75, 3.05) is 5.32 Å². The molecule has 0 spiro atoms. The molecule has 2 nitrogen and oxygen atoms in total. The lowest BCUT2D eigenvalue weighted by molar-refractivity contribution is 0.359. The molecule has 0 saturated heterocycles. The molecular formula is C11H17ClN2. The molecule has 1 heterocycles. The van der Waals surface area contributed by atoms with Crippen LogP contribution in [0.15, 0.2) is 18.3 Å². The second kappa shape index (κ2) is 4.18. The molecule has 0 radical (unpaired) electrons. The average molecular weight is 213 g/mol. The summed E-state index contributed by atoms with van der Waals surface area (Å²) < 4.78 is 0. The lowest BCUT2D eigenvalue weighted by Gasteiger charge is -2.29. The summed E-state index contributed by atoms with van der Waals surface area (Å²) in [5.74, 6) is 0. The Labute approximate surface area is 90.7 Å². The van der Waals surface area contributed by atoms with Crippen molar-refractivity contribution >= 4 is 17.3 Å². The summed E-state index contributed by atoms with van der Waals surface area (Å²) in [6.45, 7) is 8.77. The monoisotopic (exact) mass is 212 g/mol. The topological polar surface area (TPSA) is 24.9 Å². The van der Waals surface area contributed by atoms with Crippen molar-refractivity contribution < 1.29 is 0 Å². The highest BCUT2D eigenvalue weighted by Gasteiger charge is 2.19. The Morgan fingerprint density at radius 1 is 1.43 bits per heavy atom. The first-order chi connectivity index (χ1) is 6.39. The van der Waals surface area contributed by atoms with Gasteiger partial charge in [-0.2, -0.15) is 0 Å². The summed E-state index contributed by atoms with van der Waals surface area (Å²) in [4.78, 5) is 3.93. The van der Waals surface area contributed by atoms with Crippen molar-refractivity contribution in [2.24, 2.45) is 5.41 Å². The van der Waals surface area contributed by atoms with Crippen molar-refractivity contribution in [1.82, 2.24) is 4.98 Å². The fraction of sp³-hybridized carbons (Fsp3) is 0.545. The summed E-state index contributed by atoms with van der Waals surface area (Å²) in [5.41, 5.74) is 1.25. The molecule has 0 fully saturated rings. The van der Waals surface area contributed by atoms with E-state index in [0.29, 0.717) is 11.2 Å². The van der Waals surface area contributed by atoms with Crippen molar-refractivity contribution in [3.63, 3.8) is 0 Å². The van der Waals surface area contributed by atoms with E-state index in [2.05, 4.69) is 38.0 Å². The standard InChI is InChI=1S/C11H17ClN2/c1-8(11(2,3)4)14-9-5-6-13-10(12)7-9/h5-8H,1-4H3,(H,13,14). The normalized spacial score (nSPS) is 13.8. The second-order valence-corrected chi connectivity index (χ2v) is 4.99. The van der Waals surface area contributed by atoms with E-state index in [-0.39, 0.29) is 5.41 Å². The third kappa shape index (κ3) is 3.18. The number of nitrogens with zero attached hydrogens (tertiary/aromatic N) is 1. The van der Waals surface area contributed by atoms with Crippen LogP contribution in [0.4, 0.5) is 5.69 Å². The summed E-state index contributed by atoms with van der Waals surface area (Å²) in [5, 5.41) is 3.92. The summed E-state index contributed by atoms with van der Waals surface area (Å²) in [6, 6.07) is 4.15. The van der Waals surface area contributed by atoms with Crippen molar-refractivity contribution in [3.05, 3.63) is 23.5 Å². The molecule has 1 atom stereocenters. The van der Waals surface area contributed by atoms with Crippen LogP contribution in [0.5, 0.6) is 0 Å². The molecule has 1 unspecified atom stereocenters. The number of hydrogen-bond acceptors (Lipinski definition) is 2. The fourth-order valence-electron chi connectivity index (χ4n) is 0.959. The minimum Gasteiger partial charge on any atom is -0.382 e. The summed E-state index contributed by atoms with van der Waals surface area (Å²) in [7, 11) is 0. The highest BCUT2D eigenvalue weighted by Crippen LogP contribution is 2.23. The molecule has 0 bridgehead atoms. The van der Waals surface area contributed by atoms with Crippen LogP contribution in [0.25, 0.3) is 0 Å². The van der Waals surface area contributed by atoms with Crippen LogP contribution in [-0.2, 0) is 0 Å². The van der Waals surface area contributed by atoms with Gasteiger partial charge in [-0.05, 0) is 24.5 Å². The Bertz CT molecular complexity index is 304. The van der Waals surface area contributed by atoms with Crippen LogP contribution in [0, 0.1) is 5.41 Å². The van der Waals surface area contributed by atoms with Crippen molar-refractivity contribution in [3.8, 4) is 0 Å². The zero-order chi connectivity index (χ0) is 10.8. The Hall–Kier alpha value is -0.760. The number of halogens is 1. The van der Waals surface area contributed by atoms with E-state index in [1.54, 1.807) is 6.20 Å². The highest BCUT2D eigenvalue weighted by molar-refractivity contribution is 6.29. The molecule has 0 aromatic carbocycles. The molecule has 0 aliphatic rings. The molecule has 1 aromatic rings. The third-order valence-corrected chi connectivity index (χ3v) is 2.62. The van der Waals surface area contributed by atoms with E-state index in [0.717, 1.165) is 5.69 Å². The first-order valence-corrected chi connectivity index (χ1v) is 5.15. The smallest absolute Gasteiger partial charge is 0.131 e. The fourth-order valence-corrected chi connectivity index (χ4v) is 1.13. The number of rotatable bonds is 2. The van der Waals surface area contributed by atoms with Gasteiger partial charge in [0, 0.05) is 17.9 Å². The van der Waals surface area contributed by atoms with Gasteiger partial charge in [-0.25, -0.2) is 4.98 Å². The van der Waals surface area contributed by atoms with E-state index >= 15 is 0 Å². The number of anilines is 1. The van der Waals surface area contributed by atoms with Crippen molar-refractivity contribution in [2.45, 2.75) is 33.7 Å². The van der Waals surface area contributed by atoms with Crippen LogP contribution < -0.4 is 5.32 Å². The van der Waals surface area contributed by atoms with Gasteiger partial charge < -0.3 is 5.32 Å². The van der Waals surface area contributed by atoms with Gasteiger partial charge in [-0.3, -0.25) is 0 Å². The zero-order valence-corrected chi connectivity index (χ0v) is 9.89. The molecule has 1 rings (SSSR count). The number of hydrogen-bond donors (Lipinski definition) is 1. The third-order valence-electron chi connectivity index (χ3n) is 2.41. The number of aromatic nitrogens is 1. The zero-order valence-electron chi connectivity index (χ0n) is 9.13. The van der Waals surface area contributed by atoms with Gasteiger partial charge in [0.05, 0.1) is 0 Å². The predicted octanol–water partition coefficient (Wildman–Crippen LogP) is 3.58. The van der Waals surface area contributed by atoms with E-state index < -0.39 is 0 Å². The first kappa shape index (κ1) is 11.3. The first-order valence-electron chi connectivity index (χ1n) is 4.77. The maximum Gasteiger partial charge on any atom is 0.131 e. The minimum absolute atomic E-state index is 0.232. The molecule has 3 heteroatoms. The molecule has 1 aromatic heterocycles. The van der Waals surface area contributed by atoms with E-state index in [1.807, 2.05) is 12.1 Å². The summed E-state index contributed by atoms with van der Waals surface area (Å²) >= 11 is 5.79. The van der Waals surface area contributed by atoms with E-state index in [9.17, 15) is 0 Å². The van der Waals surface area contributed by atoms with Gasteiger partial charge in [0.15, 0.2) is 0 Å². The predicted molar refractivity (Wildman–Crippen MR) is 61.8 cm³/mol. The van der Waals surface area contributed by atoms with Gasteiger partial charge in [0.25, 0.3) is 0 Å². The van der Waals surface area contributed by atoms with Gasteiger partial charge in [0.2, 0.25) is 0 Å². The number of nitrogens with one attached hydrogen (secondary N) is 1. The van der Waals surface area contributed by atoms with E-state index in [4.69, 9.17) is 11.6 Å². The Kier molecular flexibility index (Phi) is 3.38. The lowest BCUT2D eigenvalue weighted by atomic mass is 9.88. The van der Waals surface area contributed by atoms with Crippen LogP contribution in [0.2, 0.25) is 5.15 Å². The second-order valence-electron chi connectivity index (χ2n) is 4.60. The molecule has 14 heavy (non-hydrogen) atoms. The Morgan fingerprint density at radius 3 is 2.57 bits per heavy atom. The van der Waals surface area contributed by atoms with Gasteiger partial charge in [-0.1, -0.05) is 32.4 Å². The maximum atomic E-state index is 5.79. The lowest BCUT2D eigenvalue weighted by Crippen LogP contribution is -2.30. The molecule has 0 saturated carbocycles. The van der Waals surface area contributed by atoms with Crippen LogP contribution in [0.1, 0.15) is 27.7 Å². The molecular weight excluding hydrogens is 196 g/mol. The van der Waals surface area contributed by atoms with Gasteiger partial charge in [0.1, 0.15) is 5.15 Å². The summed E-state index contributed by atoms with van der Waals surface area (Å²) in [6.07, 6.45) is 1.71. The highest BCUT2D eigenvalue weighted by atomic mass is 35.5.